The number of carbonyl (C=O) groups is 2. The number of rotatable bonds is 6. The van der Waals surface area contributed by atoms with Crippen molar-refractivity contribution in [3.63, 3.8) is 0 Å². The quantitative estimate of drug-likeness (QED) is 0.467. The number of aliphatic hydroxyl groups excluding tert-OH is 1. The summed E-state index contributed by atoms with van der Waals surface area (Å²) in [6.07, 6.45) is -0.100. The molecule has 1 unspecified atom stereocenters. The number of morpholine rings is 1. The van der Waals surface area contributed by atoms with Gasteiger partial charge in [0.05, 0.1) is 19.3 Å². The Morgan fingerprint density at radius 3 is 2.84 bits per heavy atom. The molecule has 0 bridgehead atoms. The number of nitrogens with one attached hydrogen (secondary N) is 2. The molecule has 8 nitrogen and oxygen atoms in total. The van der Waals surface area contributed by atoms with Crippen LogP contribution in [0.2, 0.25) is 0 Å². The highest BCUT2D eigenvalue weighted by Crippen LogP contribution is 2.03. The van der Waals surface area contributed by atoms with Gasteiger partial charge in [-0.3, -0.25) is 4.90 Å². The van der Waals surface area contributed by atoms with Gasteiger partial charge in [-0.25, -0.2) is 9.59 Å². The van der Waals surface area contributed by atoms with E-state index in [2.05, 4.69) is 22.5 Å². The van der Waals surface area contributed by atoms with E-state index in [1.165, 1.54) is 0 Å². The largest absolute Gasteiger partial charge is 0.480 e. The number of aliphatic hydroxyl groups is 1. The van der Waals surface area contributed by atoms with Crippen molar-refractivity contribution in [2.75, 3.05) is 39.4 Å². The Labute approximate surface area is 111 Å². The first kappa shape index (κ1) is 15.7. The molecule has 4 N–H and O–H groups in total. The number of carboxylic acid groups (broad SMARTS) is 1. The summed E-state index contributed by atoms with van der Waals surface area (Å²) in [5.74, 6) is -1.27. The maximum absolute atomic E-state index is 11.4. The Balaban J connectivity index is 2.27. The second-order valence-electron chi connectivity index (χ2n) is 4.31. The molecule has 1 aliphatic heterocycles. The van der Waals surface area contributed by atoms with Gasteiger partial charge < -0.3 is 25.6 Å². The second kappa shape index (κ2) is 7.93. The number of likely N-dealkylation sites (N-methyl/N-ethyl adjacent to an activating group) is 1. The summed E-state index contributed by atoms with van der Waals surface area (Å²) < 4.78 is 5.49. The highest BCUT2D eigenvalue weighted by Gasteiger charge is 2.22. The monoisotopic (exact) mass is 275 g/mol. The molecule has 1 saturated heterocycles. The average molecular weight is 275 g/mol. The van der Waals surface area contributed by atoms with Gasteiger partial charge in [0.2, 0.25) is 0 Å². The van der Waals surface area contributed by atoms with Gasteiger partial charge >= 0.3 is 12.0 Å². The minimum Gasteiger partial charge on any atom is -0.480 e. The topological polar surface area (TPSA) is 111 Å². The molecule has 0 aromatic heterocycles. The van der Waals surface area contributed by atoms with Crippen LogP contribution in [0.25, 0.3) is 0 Å². The number of carboxylic acids is 1. The lowest BCUT2D eigenvalue weighted by Crippen LogP contribution is -2.52. The van der Waals surface area contributed by atoms with E-state index in [4.69, 9.17) is 14.9 Å². The van der Waals surface area contributed by atoms with Crippen molar-refractivity contribution in [3.8, 4) is 0 Å². The minimum atomic E-state index is -1.29. The molecule has 0 radical (unpaired) electrons. The van der Waals surface area contributed by atoms with E-state index in [1.807, 2.05) is 0 Å². The van der Waals surface area contributed by atoms with Crippen LogP contribution < -0.4 is 10.6 Å². The van der Waals surface area contributed by atoms with E-state index in [0.717, 1.165) is 19.6 Å². The van der Waals surface area contributed by atoms with Crippen molar-refractivity contribution < 1.29 is 24.5 Å². The standard InChI is InChI=1S/C11H21N3O5/c1-2-14-3-4-19-8(6-14)5-12-11(18)13-9(7-15)10(16)17/h8-9,15H,2-7H2,1H3,(H,16,17)(H2,12,13,18)/t8?,9-/m0/s1. The normalized spacial score (nSPS) is 21.7. The predicted molar refractivity (Wildman–Crippen MR) is 66.9 cm³/mol. The zero-order valence-corrected chi connectivity index (χ0v) is 11.0. The number of hydrogen-bond donors (Lipinski definition) is 4. The molecule has 0 aromatic carbocycles. The molecule has 1 fully saturated rings. The first-order chi connectivity index (χ1) is 9.06. The maximum Gasteiger partial charge on any atom is 0.328 e. The van der Waals surface area contributed by atoms with Crippen molar-refractivity contribution in [1.29, 1.82) is 0 Å². The van der Waals surface area contributed by atoms with E-state index in [1.54, 1.807) is 0 Å². The van der Waals surface area contributed by atoms with Gasteiger partial charge in [-0.2, -0.15) is 0 Å². The van der Waals surface area contributed by atoms with Gasteiger partial charge in [-0.1, -0.05) is 6.92 Å². The van der Waals surface area contributed by atoms with Crippen molar-refractivity contribution >= 4 is 12.0 Å². The summed E-state index contributed by atoms with van der Waals surface area (Å²) in [4.78, 5) is 24.3. The average Bonchev–Trinajstić information content (AvgIpc) is 2.42. The van der Waals surface area contributed by atoms with Crippen molar-refractivity contribution in [1.82, 2.24) is 15.5 Å². The summed E-state index contributed by atoms with van der Waals surface area (Å²) >= 11 is 0. The fourth-order valence-corrected chi connectivity index (χ4v) is 1.79. The Morgan fingerprint density at radius 1 is 1.53 bits per heavy atom. The molecule has 1 rings (SSSR count). The lowest BCUT2D eigenvalue weighted by molar-refractivity contribution is -0.140. The van der Waals surface area contributed by atoms with Crippen LogP contribution in [-0.4, -0.2) is 78.7 Å². The molecule has 0 aliphatic carbocycles. The molecule has 0 spiro atoms. The van der Waals surface area contributed by atoms with Crippen molar-refractivity contribution in [3.05, 3.63) is 0 Å². The number of urea groups is 1. The third-order valence-corrected chi connectivity index (χ3v) is 2.95. The van der Waals surface area contributed by atoms with E-state index in [-0.39, 0.29) is 6.10 Å². The van der Waals surface area contributed by atoms with E-state index >= 15 is 0 Å². The lowest BCUT2D eigenvalue weighted by Gasteiger charge is -2.32. The summed E-state index contributed by atoms with van der Waals surface area (Å²) in [6.45, 7) is 4.88. The summed E-state index contributed by atoms with van der Waals surface area (Å²) in [6, 6.07) is -1.92. The Kier molecular flexibility index (Phi) is 6.54. The number of carbonyl (C=O) groups excluding carboxylic acids is 1. The number of ether oxygens (including phenoxy) is 1. The first-order valence-electron chi connectivity index (χ1n) is 6.28. The van der Waals surface area contributed by atoms with Crippen molar-refractivity contribution in [2.45, 2.75) is 19.1 Å². The summed E-state index contributed by atoms with van der Waals surface area (Å²) in [5.41, 5.74) is 0. The van der Waals surface area contributed by atoms with Crippen LogP contribution in [0.4, 0.5) is 4.79 Å². The zero-order chi connectivity index (χ0) is 14.3. The smallest absolute Gasteiger partial charge is 0.328 e. The number of amides is 2. The third-order valence-electron chi connectivity index (χ3n) is 2.95. The van der Waals surface area contributed by atoms with Crippen molar-refractivity contribution in [2.24, 2.45) is 0 Å². The van der Waals surface area contributed by atoms with Crippen LogP contribution >= 0.6 is 0 Å². The fourth-order valence-electron chi connectivity index (χ4n) is 1.79. The second-order valence-corrected chi connectivity index (χ2v) is 4.31. The van der Waals surface area contributed by atoms with Crippen LogP contribution in [0.5, 0.6) is 0 Å². The summed E-state index contributed by atoms with van der Waals surface area (Å²) in [5, 5.41) is 22.1. The van der Waals surface area contributed by atoms with Gasteiger partial charge in [0.1, 0.15) is 0 Å². The van der Waals surface area contributed by atoms with Gasteiger partial charge in [0.15, 0.2) is 6.04 Å². The SMILES string of the molecule is CCN1CCOC(CNC(=O)N[C@@H](CO)C(=O)O)C1. The van der Waals surface area contributed by atoms with Crippen LogP contribution in [0.3, 0.4) is 0 Å². The molecule has 110 valence electrons. The van der Waals surface area contributed by atoms with Crippen LogP contribution in [-0.2, 0) is 9.53 Å². The molecule has 8 heteroatoms. The van der Waals surface area contributed by atoms with Crippen LogP contribution in [0.1, 0.15) is 6.92 Å². The highest BCUT2D eigenvalue weighted by atomic mass is 16.5. The molecule has 0 aromatic rings. The minimum absolute atomic E-state index is 0.100. The maximum atomic E-state index is 11.4. The van der Waals surface area contributed by atoms with Gasteiger partial charge in [-0.05, 0) is 6.54 Å². The number of hydrogen-bond acceptors (Lipinski definition) is 5. The molecule has 2 amide bonds. The van der Waals surface area contributed by atoms with Gasteiger partial charge in [0.25, 0.3) is 0 Å². The van der Waals surface area contributed by atoms with Gasteiger partial charge in [-0.15, -0.1) is 0 Å². The highest BCUT2D eigenvalue weighted by molar-refractivity contribution is 5.82. The lowest BCUT2D eigenvalue weighted by atomic mass is 10.2. The molecule has 1 aliphatic rings. The van der Waals surface area contributed by atoms with Gasteiger partial charge in [0, 0.05) is 19.6 Å². The molecule has 1 heterocycles. The molecule has 2 atom stereocenters. The van der Waals surface area contributed by atoms with E-state index in [0.29, 0.717) is 13.2 Å². The Morgan fingerprint density at radius 2 is 2.26 bits per heavy atom. The van der Waals surface area contributed by atoms with Crippen LogP contribution in [0.15, 0.2) is 0 Å². The van der Waals surface area contributed by atoms with Crippen LogP contribution in [0, 0.1) is 0 Å². The van der Waals surface area contributed by atoms with E-state index in [9.17, 15) is 9.59 Å². The molecule has 19 heavy (non-hydrogen) atoms. The molecular formula is C11H21N3O5. The molecule has 0 saturated carbocycles. The first-order valence-corrected chi connectivity index (χ1v) is 6.28. The third kappa shape index (κ3) is 5.41. The fraction of sp³-hybridized carbons (Fsp3) is 0.818. The van der Waals surface area contributed by atoms with E-state index < -0.39 is 24.6 Å². The predicted octanol–water partition coefficient (Wildman–Crippen LogP) is -1.55. The zero-order valence-electron chi connectivity index (χ0n) is 11.0. The molecular weight excluding hydrogens is 254 g/mol. The summed E-state index contributed by atoms with van der Waals surface area (Å²) in [7, 11) is 0. The Hall–Kier alpha value is -1.38. The number of nitrogens with zero attached hydrogens (tertiary/aromatic N) is 1. The number of aliphatic carboxylic acids is 1. The Bertz CT molecular complexity index is 313.